The molecular weight excluding hydrogens is 252 g/mol. The van der Waals surface area contributed by atoms with Crippen molar-refractivity contribution in [3.8, 4) is 0 Å². The largest absolute Gasteiger partial charge is 0.392 e. The Morgan fingerprint density at radius 3 is 2.75 bits per heavy atom. The van der Waals surface area contributed by atoms with Crippen LogP contribution in [0, 0.1) is 11.8 Å². The van der Waals surface area contributed by atoms with Crippen molar-refractivity contribution in [3.05, 3.63) is 12.2 Å². The van der Waals surface area contributed by atoms with Crippen LogP contribution in [0.1, 0.15) is 33.1 Å². The van der Waals surface area contributed by atoms with Crippen LogP contribution in [0.25, 0.3) is 0 Å². The predicted octanol–water partition coefficient (Wildman–Crippen LogP) is 1.50. The number of nitrogens with zero attached hydrogens (tertiary/aromatic N) is 2. The van der Waals surface area contributed by atoms with E-state index in [9.17, 15) is 9.90 Å². The smallest absolute Gasteiger partial charge is 0.246 e. The molecule has 2 aliphatic rings. The molecule has 0 bridgehead atoms. The quantitative estimate of drug-likeness (QED) is 0.794. The zero-order valence-electron chi connectivity index (χ0n) is 12.8. The third-order valence-corrected chi connectivity index (χ3v) is 4.58. The molecule has 1 amide bonds. The lowest BCUT2D eigenvalue weighted by molar-refractivity contribution is -0.128. The summed E-state index contributed by atoms with van der Waals surface area (Å²) in [5, 5.41) is 9.45. The number of hydrogen-bond donors (Lipinski definition) is 1. The molecule has 2 heterocycles. The Morgan fingerprint density at radius 2 is 2.10 bits per heavy atom. The summed E-state index contributed by atoms with van der Waals surface area (Å²) in [6, 6.07) is 0. The van der Waals surface area contributed by atoms with Crippen LogP contribution in [0.5, 0.6) is 0 Å². The number of likely N-dealkylation sites (tertiary alicyclic amines) is 2. The molecule has 4 nitrogen and oxygen atoms in total. The number of hydrogen-bond acceptors (Lipinski definition) is 3. The van der Waals surface area contributed by atoms with Gasteiger partial charge in [-0.1, -0.05) is 19.9 Å². The third-order valence-electron chi connectivity index (χ3n) is 4.58. The van der Waals surface area contributed by atoms with Gasteiger partial charge in [0.05, 0.1) is 6.10 Å². The number of piperidine rings is 1. The molecule has 0 aromatic rings. The van der Waals surface area contributed by atoms with E-state index in [1.54, 1.807) is 6.08 Å². The van der Waals surface area contributed by atoms with E-state index >= 15 is 0 Å². The van der Waals surface area contributed by atoms with E-state index in [0.717, 1.165) is 45.6 Å². The second kappa shape index (κ2) is 7.23. The molecule has 1 N–H and O–H groups in total. The van der Waals surface area contributed by atoms with Crippen LogP contribution in [0.15, 0.2) is 12.2 Å². The molecule has 0 saturated carbocycles. The fraction of sp³-hybridized carbons (Fsp3) is 0.812. The fourth-order valence-corrected chi connectivity index (χ4v) is 3.14. The minimum absolute atomic E-state index is 0.148. The van der Waals surface area contributed by atoms with Crippen LogP contribution in [0.2, 0.25) is 0 Å². The van der Waals surface area contributed by atoms with Gasteiger partial charge in [0.25, 0.3) is 0 Å². The maximum Gasteiger partial charge on any atom is 0.246 e. The van der Waals surface area contributed by atoms with Gasteiger partial charge in [-0.3, -0.25) is 9.69 Å². The van der Waals surface area contributed by atoms with Gasteiger partial charge >= 0.3 is 0 Å². The molecule has 4 heteroatoms. The van der Waals surface area contributed by atoms with Crippen molar-refractivity contribution >= 4 is 5.91 Å². The van der Waals surface area contributed by atoms with Crippen molar-refractivity contribution in [2.75, 3.05) is 32.7 Å². The molecule has 2 saturated heterocycles. The molecule has 2 rings (SSSR count). The van der Waals surface area contributed by atoms with Gasteiger partial charge in [0.15, 0.2) is 0 Å². The number of carbonyl (C=O) groups excluding carboxylic acids is 1. The number of carbonyl (C=O) groups is 1. The van der Waals surface area contributed by atoms with Crippen LogP contribution >= 0.6 is 0 Å². The van der Waals surface area contributed by atoms with Gasteiger partial charge in [0.2, 0.25) is 5.91 Å². The summed E-state index contributed by atoms with van der Waals surface area (Å²) in [6.45, 7) is 8.72. The van der Waals surface area contributed by atoms with Gasteiger partial charge in [-0.25, -0.2) is 0 Å². The highest BCUT2D eigenvalue weighted by atomic mass is 16.3. The Kier molecular flexibility index (Phi) is 5.61. The van der Waals surface area contributed by atoms with Crippen LogP contribution in [-0.4, -0.2) is 59.6 Å². The maximum atomic E-state index is 12.2. The molecule has 0 aromatic carbocycles. The molecule has 2 aliphatic heterocycles. The van der Waals surface area contributed by atoms with Gasteiger partial charge in [0.1, 0.15) is 0 Å². The summed E-state index contributed by atoms with van der Waals surface area (Å²) in [4.78, 5) is 16.3. The van der Waals surface area contributed by atoms with Crippen LogP contribution in [0.3, 0.4) is 0 Å². The summed E-state index contributed by atoms with van der Waals surface area (Å²) >= 11 is 0. The fourth-order valence-electron chi connectivity index (χ4n) is 3.14. The van der Waals surface area contributed by atoms with Crippen molar-refractivity contribution in [1.82, 2.24) is 9.80 Å². The summed E-state index contributed by atoms with van der Waals surface area (Å²) in [6.07, 6.45) is 6.70. The highest BCUT2D eigenvalue weighted by molar-refractivity contribution is 5.87. The van der Waals surface area contributed by atoms with E-state index in [-0.39, 0.29) is 12.0 Å². The van der Waals surface area contributed by atoms with E-state index in [1.165, 1.54) is 6.42 Å². The van der Waals surface area contributed by atoms with E-state index in [4.69, 9.17) is 0 Å². The first-order valence-corrected chi connectivity index (χ1v) is 7.92. The number of aliphatic hydroxyl groups excluding tert-OH is 1. The second-order valence-corrected chi connectivity index (χ2v) is 6.54. The van der Waals surface area contributed by atoms with E-state index in [1.807, 2.05) is 11.0 Å². The van der Waals surface area contributed by atoms with Crippen molar-refractivity contribution in [3.63, 3.8) is 0 Å². The van der Waals surface area contributed by atoms with E-state index in [2.05, 4.69) is 18.7 Å². The average molecular weight is 280 g/mol. The molecule has 0 spiro atoms. The molecule has 2 atom stereocenters. The molecule has 0 aliphatic carbocycles. The van der Waals surface area contributed by atoms with Crippen LogP contribution in [0.4, 0.5) is 0 Å². The number of β-amino-alcohol motifs (C(OH)–C–C–N with tert-alkyl or cyclic N) is 1. The summed E-state index contributed by atoms with van der Waals surface area (Å²) in [5.41, 5.74) is 0. The minimum atomic E-state index is -0.187. The highest BCUT2D eigenvalue weighted by Gasteiger charge is 2.24. The van der Waals surface area contributed by atoms with Crippen molar-refractivity contribution in [2.24, 2.45) is 11.8 Å². The first kappa shape index (κ1) is 15.5. The lowest BCUT2D eigenvalue weighted by Crippen LogP contribution is -2.40. The van der Waals surface area contributed by atoms with Crippen molar-refractivity contribution < 1.29 is 9.90 Å². The normalized spacial score (nSPS) is 28.7. The molecule has 2 fully saturated rings. The molecule has 20 heavy (non-hydrogen) atoms. The number of rotatable bonds is 4. The zero-order chi connectivity index (χ0) is 14.5. The SMILES string of the molecule is CC(C)C1CCCN(C(=O)C=CCN2CCC(O)C2)C1. The average Bonchev–Trinajstić information content (AvgIpc) is 2.84. The Morgan fingerprint density at radius 1 is 1.30 bits per heavy atom. The van der Waals surface area contributed by atoms with Crippen molar-refractivity contribution in [1.29, 1.82) is 0 Å². The zero-order valence-corrected chi connectivity index (χ0v) is 12.8. The standard InChI is InChI=1S/C16H28N2O2/c1-13(2)14-5-3-9-18(11-14)16(20)6-4-8-17-10-7-15(19)12-17/h4,6,13-15,19H,3,5,7-12H2,1-2H3. The predicted molar refractivity (Wildman–Crippen MR) is 80.3 cm³/mol. The molecular formula is C16H28N2O2. The van der Waals surface area contributed by atoms with Gasteiger partial charge in [-0.2, -0.15) is 0 Å². The molecule has 0 radical (unpaired) electrons. The van der Waals surface area contributed by atoms with E-state index in [0.29, 0.717) is 11.8 Å². The number of aliphatic hydroxyl groups is 1. The first-order valence-electron chi connectivity index (χ1n) is 7.92. The topological polar surface area (TPSA) is 43.8 Å². The molecule has 2 unspecified atom stereocenters. The van der Waals surface area contributed by atoms with Crippen molar-refractivity contribution in [2.45, 2.75) is 39.2 Å². The second-order valence-electron chi connectivity index (χ2n) is 6.54. The summed E-state index contributed by atoms with van der Waals surface area (Å²) in [5.74, 6) is 1.45. The summed E-state index contributed by atoms with van der Waals surface area (Å²) in [7, 11) is 0. The Hall–Kier alpha value is -0.870. The van der Waals surface area contributed by atoms with Gasteiger partial charge in [-0.15, -0.1) is 0 Å². The van der Waals surface area contributed by atoms with Gasteiger partial charge in [0, 0.05) is 38.8 Å². The lowest BCUT2D eigenvalue weighted by atomic mass is 9.88. The van der Waals surface area contributed by atoms with Crippen LogP contribution in [-0.2, 0) is 4.79 Å². The van der Waals surface area contributed by atoms with Gasteiger partial charge < -0.3 is 10.0 Å². The van der Waals surface area contributed by atoms with E-state index < -0.39 is 0 Å². The Balaban J connectivity index is 1.76. The molecule has 0 aromatic heterocycles. The number of amides is 1. The Labute approximate surface area is 122 Å². The van der Waals surface area contributed by atoms with Crippen LogP contribution < -0.4 is 0 Å². The van der Waals surface area contributed by atoms with Gasteiger partial charge in [-0.05, 0) is 31.1 Å². The highest BCUT2D eigenvalue weighted by Crippen LogP contribution is 2.23. The molecule has 114 valence electrons. The monoisotopic (exact) mass is 280 g/mol. The maximum absolute atomic E-state index is 12.2. The third kappa shape index (κ3) is 4.32. The Bertz CT molecular complexity index is 354. The minimum Gasteiger partial charge on any atom is -0.392 e. The summed E-state index contributed by atoms with van der Waals surface area (Å²) < 4.78 is 0. The first-order chi connectivity index (χ1) is 9.56. The lowest BCUT2D eigenvalue weighted by Gasteiger charge is -2.34.